The minimum absolute atomic E-state index is 0.348. The molecule has 106 valence electrons. The highest BCUT2D eigenvalue weighted by atomic mass is 32.2. The van der Waals surface area contributed by atoms with Crippen molar-refractivity contribution < 1.29 is 4.52 Å². The van der Waals surface area contributed by atoms with Gasteiger partial charge in [0.05, 0.1) is 5.75 Å². The van der Waals surface area contributed by atoms with Gasteiger partial charge in [0, 0.05) is 10.8 Å². The summed E-state index contributed by atoms with van der Waals surface area (Å²) in [6, 6.07) is 8.36. The third-order valence-electron chi connectivity index (χ3n) is 3.84. The van der Waals surface area contributed by atoms with E-state index in [9.17, 15) is 0 Å². The van der Waals surface area contributed by atoms with Crippen LogP contribution in [0.3, 0.4) is 0 Å². The van der Waals surface area contributed by atoms with Crippen molar-refractivity contribution in [1.29, 1.82) is 0 Å². The second-order valence-corrected chi connectivity index (χ2v) is 6.33. The van der Waals surface area contributed by atoms with E-state index in [0.29, 0.717) is 11.8 Å². The third kappa shape index (κ3) is 2.88. The van der Waals surface area contributed by atoms with Gasteiger partial charge in [0.2, 0.25) is 5.89 Å². The SMILES string of the molecule is Cc1ccccc1SCc1noc(C(C)C2CNC2)n1. The van der Waals surface area contributed by atoms with Crippen LogP contribution in [0.5, 0.6) is 0 Å². The molecule has 4 nitrogen and oxygen atoms in total. The van der Waals surface area contributed by atoms with Crippen molar-refractivity contribution in [3.63, 3.8) is 0 Å². The molecule has 1 aromatic carbocycles. The van der Waals surface area contributed by atoms with Crippen molar-refractivity contribution >= 4 is 11.8 Å². The van der Waals surface area contributed by atoms with Crippen LogP contribution in [0.15, 0.2) is 33.7 Å². The number of aromatic nitrogens is 2. The normalized spacial score (nSPS) is 16.9. The molecule has 1 fully saturated rings. The number of nitrogens with one attached hydrogen (secondary N) is 1. The van der Waals surface area contributed by atoms with Crippen molar-refractivity contribution in [1.82, 2.24) is 15.5 Å². The Morgan fingerprint density at radius 2 is 2.20 bits per heavy atom. The molecule has 1 saturated heterocycles. The number of aryl methyl sites for hydroxylation is 1. The number of hydrogen-bond donors (Lipinski definition) is 1. The largest absolute Gasteiger partial charge is 0.339 e. The zero-order valence-corrected chi connectivity index (χ0v) is 12.6. The van der Waals surface area contributed by atoms with E-state index in [0.717, 1.165) is 30.6 Å². The quantitative estimate of drug-likeness (QED) is 0.858. The van der Waals surface area contributed by atoms with Crippen LogP contribution in [0.25, 0.3) is 0 Å². The maximum absolute atomic E-state index is 5.40. The molecule has 1 aliphatic heterocycles. The molecule has 1 aromatic heterocycles. The summed E-state index contributed by atoms with van der Waals surface area (Å²) < 4.78 is 5.40. The van der Waals surface area contributed by atoms with Crippen LogP contribution >= 0.6 is 11.8 Å². The van der Waals surface area contributed by atoms with Crippen LogP contribution in [0.1, 0.15) is 30.1 Å². The molecule has 1 unspecified atom stereocenters. The zero-order valence-electron chi connectivity index (χ0n) is 11.8. The Kier molecular flexibility index (Phi) is 4.08. The first-order valence-corrected chi connectivity index (χ1v) is 7.94. The molecular weight excluding hydrogens is 270 g/mol. The first-order chi connectivity index (χ1) is 9.74. The fourth-order valence-corrected chi connectivity index (χ4v) is 3.11. The van der Waals surface area contributed by atoms with Crippen LogP contribution in [-0.2, 0) is 5.75 Å². The summed E-state index contributed by atoms with van der Waals surface area (Å²) in [7, 11) is 0. The molecule has 0 aliphatic carbocycles. The highest BCUT2D eigenvalue weighted by molar-refractivity contribution is 7.98. The smallest absolute Gasteiger partial charge is 0.229 e. The molecule has 0 amide bonds. The standard InChI is InChI=1S/C15H19N3OS/c1-10-5-3-4-6-13(10)20-9-14-17-15(19-18-14)11(2)12-7-16-8-12/h3-6,11-12,16H,7-9H2,1-2H3. The minimum atomic E-state index is 0.348. The van der Waals surface area contributed by atoms with Gasteiger partial charge in [-0.2, -0.15) is 4.98 Å². The Morgan fingerprint density at radius 1 is 1.40 bits per heavy atom. The van der Waals surface area contributed by atoms with Gasteiger partial charge in [-0.05, 0) is 37.6 Å². The van der Waals surface area contributed by atoms with Crippen LogP contribution in [-0.4, -0.2) is 23.2 Å². The monoisotopic (exact) mass is 289 g/mol. The van der Waals surface area contributed by atoms with Gasteiger partial charge in [0.25, 0.3) is 0 Å². The van der Waals surface area contributed by atoms with E-state index in [1.54, 1.807) is 11.8 Å². The lowest BCUT2D eigenvalue weighted by molar-refractivity contribution is 0.252. The molecule has 1 N–H and O–H groups in total. The second-order valence-electron chi connectivity index (χ2n) is 5.31. The van der Waals surface area contributed by atoms with Crippen LogP contribution < -0.4 is 5.32 Å². The van der Waals surface area contributed by atoms with Crippen LogP contribution in [0.4, 0.5) is 0 Å². The molecule has 0 bridgehead atoms. The van der Waals surface area contributed by atoms with Crippen LogP contribution in [0, 0.1) is 12.8 Å². The predicted molar refractivity (Wildman–Crippen MR) is 79.8 cm³/mol. The molecule has 0 saturated carbocycles. The van der Waals surface area contributed by atoms with Gasteiger partial charge in [-0.3, -0.25) is 0 Å². The van der Waals surface area contributed by atoms with Crippen LogP contribution in [0.2, 0.25) is 0 Å². The molecule has 1 atom stereocenters. The summed E-state index contributed by atoms with van der Waals surface area (Å²) >= 11 is 1.76. The van der Waals surface area contributed by atoms with E-state index in [-0.39, 0.29) is 0 Å². The predicted octanol–water partition coefficient (Wildman–Crippen LogP) is 2.99. The Hall–Kier alpha value is -1.33. The molecule has 0 radical (unpaired) electrons. The summed E-state index contributed by atoms with van der Waals surface area (Å²) in [4.78, 5) is 5.80. The minimum Gasteiger partial charge on any atom is -0.339 e. The second kappa shape index (κ2) is 5.97. The van der Waals surface area contributed by atoms with Gasteiger partial charge < -0.3 is 9.84 Å². The topological polar surface area (TPSA) is 51.0 Å². The first-order valence-electron chi connectivity index (χ1n) is 6.95. The van der Waals surface area contributed by atoms with E-state index in [1.807, 2.05) is 0 Å². The number of benzene rings is 1. The average Bonchev–Trinajstić information content (AvgIpc) is 2.84. The molecule has 1 aliphatic rings. The number of hydrogen-bond acceptors (Lipinski definition) is 5. The van der Waals surface area contributed by atoms with E-state index in [4.69, 9.17) is 4.52 Å². The lowest BCUT2D eigenvalue weighted by Gasteiger charge is -2.30. The fraction of sp³-hybridized carbons (Fsp3) is 0.467. The highest BCUT2D eigenvalue weighted by Crippen LogP contribution is 2.28. The molecule has 0 spiro atoms. The number of rotatable bonds is 5. The van der Waals surface area contributed by atoms with E-state index in [1.165, 1.54) is 10.5 Å². The Bertz CT molecular complexity index is 580. The molecule has 2 aromatic rings. The van der Waals surface area contributed by atoms with Crippen molar-refractivity contribution in [2.75, 3.05) is 13.1 Å². The molecular formula is C15H19N3OS. The van der Waals surface area contributed by atoms with Crippen molar-refractivity contribution in [3.8, 4) is 0 Å². The maximum Gasteiger partial charge on any atom is 0.229 e. The van der Waals surface area contributed by atoms with Gasteiger partial charge in [-0.1, -0.05) is 30.3 Å². The average molecular weight is 289 g/mol. The van der Waals surface area contributed by atoms with Crippen molar-refractivity contribution in [3.05, 3.63) is 41.5 Å². The maximum atomic E-state index is 5.40. The van der Waals surface area contributed by atoms with E-state index in [2.05, 4.69) is 53.6 Å². The molecule has 2 heterocycles. The van der Waals surface area contributed by atoms with E-state index < -0.39 is 0 Å². The summed E-state index contributed by atoms with van der Waals surface area (Å²) in [5, 5.41) is 7.37. The third-order valence-corrected chi connectivity index (χ3v) is 5.02. The summed E-state index contributed by atoms with van der Waals surface area (Å²) in [5.74, 6) is 3.29. The Morgan fingerprint density at radius 3 is 2.90 bits per heavy atom. The van der Waals surface area contributed by atoms with Gasteiger partial charge in [-0.15, -0.1) is 11.8 Å². The summed E-state index contributed by atoms with van der Waals surface area (Å²) in [6.45, 7) is 6.39. The van der Waals surface area contributed by atoms with Gasteiger partial charge in [0.1, 0.15) is 0 Å². The Balaban J connectivity index is 1.61. The summed E-state index contributed by atoms with van der Waals surface area (Å²) in [6.07, 6.45) is 0. The highest BCUT2D eigenvalue weighted by Gasteiger charge is 2.28. The van der Waals surface area contributed by atoms with Gasteiger partial charge in [0.15, 0.2) is 5.82 Å². The number of nitrogens with zero attached hydrogens (tertiary/aromatic N) is 2. The molecule has 5 heteroatoms. The summed E-state index contributed by atoms with van der Waals surface area (Å²) in [5.41, 5.74) is 1.29. The number of thioether (sulfide) groups is 1. The van der Waals surface area contributed by atoms with Crippen molar-refractivity contribution in [2.24, 2.45) is 5.92 Å². The lowest BCUT2D eigenvalue weighted by Crippen LogP contribution is -2.44. The zero-order chi connectivity index (χ0) is 13.9. The van der Waals surface area contributed by atoms with Gasteiger partial charge >= 0.3 is 0 Å². The fourth-order valence-electron chi connectivity index (χ4n) is 2.24. The first kappa shape index (κ1) is 13.6. The van der Waals surface area contributed by atoms with Gasteiger partial charge in [-0.25, -0.2) is 0 Å². The molecule has 20 heavy (non-hydrogen) atoms. The lowest BCUT2D eigenvalue weighted by atomic mass is 9.89. The van der Waals surface area contributed by atoms with Crippen molar-refractivity contribution in [2.45, 2.75) is 30.4 Å². The molecule has 3 rings (SSSR count). The van der Waals surface area contributed by atoms with E-state index >= 15 is 0 Å². The Labute approximate surface area is 123 Å².